The van der Waals surface area contributed by atoms with E-state index in [9.17, 15) is 19.8 Å². The lowest BCUT2D eigenvalue weighted by molar-refractivity contribution is -0.132. The fourth-order valence-electron chi connectivity index (χ4n) is 3.95. The number of Topliss-reactive ketones (excluding diaryl/α,β-unsaturated/α-hetero) is 1. The molecular weight excluding hydrogens is 506 g/mol. The molecular formula is C26H21BrClNO4. The van der Waals surface area contributed by atoms with Crippen LogP contribution in [0.25, 0.3) is 5.76 Å². The number of anilines is 1. The highest BCUT2D eigenvalue weighted by atomic mass is 79.9. The molecule has 1 atom stereocenters. The molecule has 0 aromatic heterocycles. The van der Waals surface area contributed by atoms with Gasteiger partial charge in [0, 0.05) is 15.7 Å². The topological polar surface area (TPSA) is 77.8 Å². The Labute approximate surface area is 205 Å². The predicted octanol–water partition coefficient (Wildman–Crippen LogP) is 6.31. The van der Waals surface area contributed by atoms with Gasteiger partial charge < -0.3 is 10.2 Å². The first-order chi connectivity index (χ1) is 15.7. The number of ketones is 1. The van der Waals surface area contributed by atoms with Gasteiger partial charge in [0.1, 0.15) is 11.5 Å². The number of aliphatic hydroxyl groups is 1. The van der Waals surface area contributed by atoms with Crippen LogP contribution in [0.1, 0.15) is 35.2 Å². The number of phenolic OH excluding ortho intramolecular Hbond substituents is 1. The first-order valence-corrected chi connectivity index (χ1v) is 11.5. The molecule has 5 nitrogen and oxygen atoms in total. The first kappa shape index (κ1) is 23.1. The van der Waals surface area contributed by atoms with Crippen molar-refractivity contribution in [3.63, 3.8) is 0 Å². The van der Waals surface area contributed by atoms with Crippen LogP contribution in [0, 0.1) is 6.92 Å². The van der Waals surface area contributed by atoms with Crippen molar-refractivity contribution in [3.05, 3.63) is 98.0 Å². The molecule has 3 aromatic rings. The van der Waals surface area contributed by atoms with Gasteiger partial charge in [0.2, 0.25) is 0 Å². The van der Waals surface area contributed by atoms with E-state index in [-0.39, 0.29) is 22.1 Å². The van der Waals surface area contributed by atoms with Gasteiger partial charge in [-0.1, -0.05) is 58.7 Å². The fraction of sp³-hybridized carbons (Fsp3) is 0.154. The van der Waals surface area contributed by atoms with Gasteiger partial charge in [-0.15, -0.1) is 0 Å². The van der Waals surface area contributed by atoms with Crippen LogP contribution in [0.4, 0.5) is 5.69 Å². The summed E-state index contributed by atoms with van der Waals surface area (Å²) >= 11 is 9.59. The molecule has 1 heterocycles. The van der Waals surface area contributed by atoms with Gasteiger partial charge in [-0.25, -0.2) is 0 Å². The van der Waals surface area contributed by atoms with Gasteiger partial charge in [-0.3, -0.25) is 14.5 Å². The lowest BCUT2D eigenvalue weighted by Gasteiger charge is -2.26. The van der Waals surface area contributed by atoms with Gasteiger partial charge in [0.25, 0.3) is 11.7 Å². The number of aryl methyl sites for hydroxylation is 2. The molecule has 7 heteroatoms. The van der Waals surface area contributed by atoms with Gasteiger partial charge in [0.05, 0.1) is 16.6 Å². The molecule has 1 aliphatic rings. The number of aromatic hydroxyl groups is 1. The Hall–Kier alpha value is -3.09. The van der Waals surface area contributed by atoms with E-state index in [1.807, 2.05) is 26.0 Å². The maximum absolute atomic E-state index is 13.2. The van der Waals surface area contributed by atoms with Crippen molar-refractivity contribution in [2.24, 2.45) is 0 Å². The summed E-state index contributed by atoms with van der Waals surface area (Å²) in [5.41, 5.74) is 3.35. The Bertz CT molecular complexity index is 1300. The second-order valence-corrected chi connectivity index (χ2v) is 9.13. The summed E-state index contributed by atoms with van der Waals surface area (Å²) in [7, 11) is 0. The van der Waals surface area contributed by atoms with Crippen molar-refractivity contribution in [2.75, 3.05) is 4.90 Å². The molecule has 33 heavy (non-hydrogen) atoms. The third-order valence-electron chi connectivity index (χ3n) is 5.79. The van der Waals surface area contributed by atoms with E-state index in [2.05, 4.69) is 15.9 Å². The van der Waals surface area contributed by atoms with E-state index in [0.717, 1.165) is 22.0 Å². The molecule has 1 amide bonds. The highest BCUT2D eigenvalue weighted by Gasteiger charge is 2.47. The number of aliphatic hydroxyl groups excluding tert-OH is 1. The lowest BCUT2D eigenvalue weighted by atomic mass is 9.94. The van der Waals surface area contributed by atoms with Crippen LogP contribution in [0.5, 0.6) is 5.75 Å². The van der Waals surface area contributed by atoms with Gasteiger partial charge in [-0.2, -0.15) is 0 Å². The zero-order valence-electron chi connectivity index (χ0n) is 18.0. The molecule has 1 saturated heterocycles. The first-order valence-electron chi connectivity index (χ1n) is 10.4. The molecule has 1 unspecified atom stereocenters. The number of carbonyl (C=O) groups is 2. The largest absolute Gasteiger partial charge is 0.507 e. The molecule has 0 bridgehead atoms. The Morgan fingerprint density at radius 3 is 2.36 bits per heavy atom. The van der Waals surface area contributed by atoms with E-state index in [4.69, 9.17) is 11.6 Å². The van der Waals surface area contributed by atoms with Gasteiger partial charge >= 0.3 is 0 Å². The fourth-order valence-corrected chi connectivity index (χ4v) is 4.38. The Morgan fingerprint density at radius 2 is 1.76 bits per heavy atom. The number of rotatable bonds is 4. The SMILES string of the molecule is CCc1ccc(N2C(=O)C(=O)/C(=C(\O)c3ccc(Br)c(C)c3)C2c2ccc(O)c(Cl)c2)cc1. The summed E-state index contributed by atoms with van der Waals surface area (Å²) in [6.45, 7) is 3.89. The van der Waals surface area contributed by atoms with Crippen molar-refractivity contribution in [2.45, 2.75) is 26.3 Å². The maximum Gasteiger partial charge on any atom is 0.300 e. The third kappa shape index (κ3) is 4.16. The number of hydrogen-bond donors (Lipinski definition) is 2. The standard InChI is InChI=1S/C26H21BrClNO4/c1-3-15-4-8-18(9-5-15)29-23(16-7-11-21(30)20(28)13-16)22(25(32)26(29)33)24(31)17-6-10-19(27)14(2)12-17/h4-13,23,30-31H,3H2,1-2H3/b24-22-. The van der Waals surface area contributed by atoms with E-state index >= 15 is 0 Å². The zero-order chi connectivity index (χ0) is 23.9. The Balaban J connectivity index is 1.95. The summed E-state index contributed by atoms with van der Waals surface area (Å²) in [6, 6.07) is 16.1. The zero-order valence-corrected chi connectivity index (χ0v) is 20.3. The second-order valence-electron chi connectivity index (χ2n) is 7.86. The van der Waals surface area contributed by atoms with E-state index < -0.39 is 17.7 Å². The minimum absolute atomic E-state index is 0.0388. The average Bonchev–Trinajstić information content (AvgIpc) is 3.07. The number of hydrogen-bond acceptors (Lipinski definition) is 4. The molecule has 2 N–H and O–H groups in total. The molecule has 0 radical (unpaired) electrons. The highest BCUT2D eigenvalue weighted by molar-refractivity contribution is 9.10. The molecule has 168 valence electrons. The molecule has 4 rings (SSSR count). The average molecular weight is 527 g/mol. The number of halogens is 2. The summed E-state index contributed by atoms with van der Waals surface area (Å²) in [4.78, 5) is 27.8. The van der Waals surface area contributed by atoms with Crippen LogP contribution < -0.4 is 4.90 Å². The summed E-state index contributed by atoms with van der Waals surface area (Å²) in [5, 5.41) is 21.2. The van der Waals surface area contributed by atoms with E-state index in [1.165, 1.54) is 17.0 Å². The normalized spacial score (nSPS) is 17.6. The molecule has 3 aromatic carbocycles. The smallest absolute Gasteiger partial charge is 0.300 e. The van der Waals surface area contributed by atoms with Crippen molar-refractivity contribution >= 4 is 50.7 Å². The Kier molecular flexibility index (Phi) is 6.32. The predicted molar refractivity (Wildman–Crippen MR) is 133 cm³/mol. The van der Waals surface area contributed by atoms with Crippen LogP contribution in [0.2, 0.25) is 5.02 Å². The highest BCUT2D eigenvalue weighted by Crippen LogP contribution is 2.43. The molecule has 1 fully saturated rings. The number of carbonyl (C=O) groups excluding carboxylic acids is 2. The van der Waals surface area contributed by atoms with E-state index in [0.29, 0.717) is 16.8 Å². The number of amides is 1. The van der Waals surface area contributed by atoms with Gasteiger partial charge in [-0.05, 0) is 66.4 Å². The van der Waals surface area contributed by atoms with Crippen molar-refractivity contribution in [3.8, 4) is 5.75 Å². The third-order valence-corrected chi connectivity index (χ3v) is 6.98. The number of phenols is 1. The van der Waals surface area contributed by atoms with Crippen LogP contribution in [-0.4, -0.2) is 21.9 Å². The van der Waals surface area contributed by atoms with Gasteiger partial charge in [0.15, 0.2) is 0 Å². The van der Waals surface area contributed by atoms with Crippen LogP contribution in [0.15, 0.2) is 70.7 Å². The minimum Gasteiger partial charge on any atom is -0.507 e. The van der Waals surface area contributed by atoms with Crippen molar-refractivity contribution in [1.29, 1.82) is 0 Å². The summed E-state index contributed by atoms with van der Waals surface area (Å²) in [6.07, 6.45) is 0.832. The molecule has 0 aliphatic carbocycles. The monoisotopic (exact) mass is 525 g/mol. The van der Waals surface area contributed by atoms with Crippen LogP contribution in [-0.2, 0) is 16.0 Å². The Morgan fingerprint density at radius 1 is 1.06 bits per heavy atom. The van der Waals surface area contributed by atoms with Crippen molar-refractivity contribution < 1.29 is 19.8 Å². The quantitative estimate of drug-likeness (QED) is 0.237. The van der Waals surface area contributed by atoms with E-state index in [1.54, 1.807) is 36.4 Å². The minimum atomic E-state index is -0.917. The van der Waals surface area contributed by atoms with Crippen LogP contribution >= 0.6 is 27.5 Å². The number of benzene rings is 3. The molecule has 0 spiro atoms. The molecule has 0 saturated carbocycles. The maximum atomic E-state index is 13.2. The van der Waals surface area contributed by atoms with Crippen LogP contribution in [0.3, 0.4) is 0 Å². The second kappa shape index (κ2) is 9.04. The summed E-state index contributed by atoms with van der Waals surface area (Å²) in [5.74, 6) is -1.93. The van der Waals surface area contributed by atoms with Crippen molar-refractivity contribution in [1.82, 2.24) is 0 Å². The summed E-state index contributed by atoms with van der Waals surface area (Å²) < 4.78 is 0.859. The molecule has 1 aliphatic heterocycles. The number of nitrogens with zero attached hydrogens (tertiary/aromatic N) is 1. The lowest BCUT2D eigenvalue weighted by Crippen LogP contribution is -2.29.